The van der Waals surface area contributed by atoms with Gasteiger partial charge in [-0.25, -0.2) is 0 Å². The summed E-state index contributed by atoms with van der Waals surface area (Å²) in [5.41, 5.74) is 0.576. The lowest BCUT2D eigenvalue weighted by Gasteiger charge is -2.41. The van der Waals surface area contributed by atoms with Gasteiger partial charge in [0.1, 0.15) is 5.60 Å². The van der Waals surface area contributed by atoms with Crippen LogP contribution in [0.15, 0.2) is 30.3 Å². The molecule has 25 heavy (non-hydrogen) atoms. The van der Waals surface area contributed by atoms with Crippen molar-refractivity contribution >= 4 is 18.3 Å². The average Bonchev–Trinajstić information content (AvgIpc) is 2.67. The van der Waals surface area contributed by atoms with Gasteiger partial charge in [0.15, 0.2) is 0 Å². The topological polar surface area (TPSA) is 50.8 Å². The van der Waals surface area contributed by atoms with Gasteiger partial charge >= 0.3 is 0 Å². The second kappa shape index (κ2) is 9.53. The number of hydrogen-bond donors (Lipinski definition) is 1. The first kappa shape index (κ1) is 20.2. The molecule has 2 fully saturated rings. The highest BCUT2D eigenvalue weighted by Crippen LogP contribution is 2.27. The summed E-state index contributed by atoms with van der Waals surface area (Å²) in [7, 11) is 1.67. The second-order valence-electron chi connectivity index (χ2n) is 6.74. The minimum Gasteiger partial charge on any atom is -0.373 e. The minimum atomic E-state index is -0.622. The predicted octanol–water partition coefficient (Wildman–Crippen LogP) is 2.38. The molecule has 1 aromatic carbocycles. The van der Waals surface area contributed by atoms with E-state index in [-0.39, 0.29) is 24.4 Å². The number of benzene rings is 1. The molecule has 0 radical (unpaired) electrons. The van der Waals surface area contributed by atoms with E-state index in [9.17, 15) is 4.79 Å². The largest absolute Gasteiger partial charge is 0.373 e. The van der Waals surface area contributed by atoms with Gasteiger partial charge in [-0.1, -0.05) is 30.3 Å². The molecule has 0 unspecified atom stereocenters. The Morgan fingerprint density at radius 2 is 1.84 bits per heavy atom. The number of ether oxygens (including phenoxy) is 2. The first-order valence-corrected chi connectivity index (χ1v) is 8.94. The van der Waals surface area contributed by atoms with E-state index in [1.54, 1.807) is 7.11 Å². The van der Waals surface area contributed by atoms with Crippen LogP contribution in [0.25, 0.3) is 0 Å². The Balaban J connectivity index is 0.00000225. The number of rotatable bonds is 5. The molecular weight excluding hydrogens is 340 g/mol. The first-order valence-electron chi connectivity index (χ1n) is 8.94. The Kier molecular flexibility index (Phi) is 7.69. The molecule has 0 bridgehead atoms. The lowest BCUT2D eigenvalue weighted by Crippen LogP contribution is -2.57. The Labute approximate surface area is 156 Å². The van der Waals surface area contributed by atoms with Crippen LogP contribution in [-0.2, 0) is 20.9 Å². The Hall–Kier alpha value is -1.14. The summed E-state index contributed by atoms with van der Waals surface area (Å²) < 4.78 is 11.7. The standard InChI is InChI=1S/C19H28N2O3.ClH/c1-23-19(9-11-20-12-10-19)18(22)21-13-7-17(8-14-21)24-15-16-5-3-2-4-6-16;/h2-6,17,20H,7-15H2,1H3;1H. The summed E-state index contributed by atoms with van der Waals surface area (Å²) in [4.78, 5) is 14.9. The zero-order valence-electron chi connectivity index (χ0n) is 14.9. The van der Waals surface area contributed by atoms with Gasteiger partial charge in [-0.15, -0.1) is 12.4 Å². The van der Waals surface area contributed by atoms with Crippen LogP contribution in [0.3, 0.4) is 0 Å². The zero-order valence-corrected chi connectivity index (χ0v) is 15.7. The molecule has 2 aliphatic heterocycles. The number of nitrogens with one attached hydrogen (secondary N) is 1. The highest BCUT2D eigenvalue weighted by molar-refractivity contribution is 5.86. The average molecular weight is 369 g/mol. The molecule has 1 N–H and O–H groups in total. The Morgan fingerprint density at radius 1 is 1.20 bits per heavy atom. The van der Waals surface area contributed by atoms with E-state index in [0.717, 1.165) is 51.9 Å². The summed E-state index contributed by atoms with van der Waals surface area (Å²) in [6.07, 6.45) is 3.55. The van der Waals surface area contributed by atoms with Gasteiger partial charge in [-0.2, -0.15) is 0 Å². The fourth-order valence-corrected chi connectivity index (χ4v) is 3.64. The van der Waals surface area contributed by atoms with Crippen molar-refractivity contribution in [2.24, 2.45) is 0 Å². The van der Waals surface area contributed by atoms with E-state index >= 15 is 0 Å². The smallest absolute Gasteiger partial charge is 0.254 e. The molecule has 1 amide bonds. The third-order valence-electron chi connectivity index (χ3n) is 5.25. The fraction of sp³-hybridized carbons (Fsp3) is 0.632. The van der Waals surface area contributed by atoms with Crippen molar-refractivity contribution in [1.29, 1.82) is 0 Å². The normalized spacial score (nSPS) is 20.8. The van der Waals surface area contributed by atoms with Crippen LogP contribution in [0.4, 0.5) is 0 Å². The van der Waals surface area contributed by atoms with Gasteiger partial charge < -0.3 is 19.7 Å². The molecule has 2 heterocycles. The summed E-state index contributed by atoms with van der Waals surface area (Å²) in [5, 5.41) is 3.30. The molecule has 0 aliphatic carbocycles. The molecule has 0 saturated carbocycles. The number of likely N-dealkylation sites (tertiary alicyclic amines) is 1. The molecule has 2 saturated heterocycles. The Bertz CT molecular complexity index is 527. The summed E-state index contributed by atoms with van der Waals surface area (Å²) >= 11 is 0. The van der Waals surface area contributed by atoms with E-state index in [0.29, 0.717) is 6.61 Å². The number of piperidine rings is 2. The van der Waals surface area contributed by atoms with Crippen LogP contribution >= 0.6 is 12.4 Å². The summed E-state index contributed by atoms with van der Waals surface area (Å²) in [6, 6.07) is 10.2. The number of hydrogen-bond acceptors (Lipinski definition) is 4. The van der Waals surface area contributed by atoms with Crippen molar-refractivity contribution in [3.05, 3.63) is 35.9 Å². The fourth-order valence-electron chi connectivity index (χ4n) is 3.64. The van der Waals surface area contributed by atoms with Crippen molar-refractivity contribution < 1.29 is 14.3 Å². The third kappa shape index (κ3) is 4.94. The van der Waals surface area contributed by atoms with Crippen LogP contribution in [0, 0.1) is 0 Å². The van der Waals surface area contributed by atoms with Crippen LogP contribution in [-0.4, -0.2) is 55.8 Å². The number of carbonyl (C=O) groups is 1. The molecular formula is C19H29ClN2O3. The van der Waals surface area contributed by atoms with Gasteiger partial charge in [-0.3, -0.25) is 4.79 Å². The van der Waals surface area contributed by atoms with E-state index in [1.165, 1.54) is 5.56 Å². The molecule has 0 atom stereocenters. The summed E-state index contributed by atoms with van der Waals surface area (Å²) in [5.74, 6) is 0.160. The summed E-state index contributed by atoms with van der Waals surface area (Å²) in [6.45, 7) is 3.85. The SMILES string of the molecule is COC1(C(=O)N2CCC(OCc3ccccc3)CC2)CCNCC1.Cl. The number of nitrogens with zero attached hydrogens (tertiary/aromatic N) is 1. The van der Waals surface area contributed by atoms with Crippen molar-refractivity contribution in [2.75, 3.05) is 33.3 Å². The highest BCUT2D eigenvalue weighted by atomic mass is 35.5. The van der Waals surface area contributed by atoms with Gasteiger partial charge in [0, 0.05) is 20.2 Å². The lowest BCUT2D eigenvalue weighted by atomic mass is 9.89. The minimum absolute atomic E-state index is 0. The molecule has 1 aromatic rings. The van der Waals surface area contributed by atoms with Crippen LogP contribution in [0.5, 0.6) is 0 Å². The van der Waals surface area contributed by atoms with E-state index in [4.69, 9.17) is 9.47 Å². The molecule has 6 heteroatoms. The quantitative estimate of drug-likeness (QED) is 0.867. The van der Waals surface area contributed by atoms with Gasteiger partial charge in [0.05, 0.1) is 12.7 Å². The van der Waals surface area contributed by atoms with Gasteiger partial charge in [0.25, 0.3) is 5.91 Å². The molecule has 140 valence electrons. The lowest BCUT2D eigenvalue weighted by molar-refractivity contribution is -0.161. The van der Waals surface area contributed by atoms with Crippen molar-refractivity contribution in [3.8, 4) is 0 Å². The zero-order chi connectivity index (χ0) is 16.8. The monoisotopic (exact) mass is 368 g/mol. The van der Waals surface area contributed by atoms with Crippen LogP contribution in [0.2, 0.25) is 0 Å². The maximum absolute atomic E-state index is 12.9. The van der Waals surface area contributed by atoms with E-state index < -0.39 is 5.60 Å². The maximum Gasteiger partial charge on any atom is 0.254 e. The second-order valence-corrected chi connectivity index (χ2v) is 6.74. The van der Waals surface area contributed by atoms with Crippen LogP contribution < -0.4 is 5.32 Å². The molecule has 5 nitrogen and oxygen atoms in total. The first-order chi connectivity index (χ1) is 11.7. The van der Waals surface area contributed by atoms with Gasteiger partial charge in [-0.05, 0) is 44.3 Å². The van der Waals surface area contributed by atoms with Gasteiger partial charge in [0.2, 0.25) is 0 Å². The van der Waals surface area contributed by atoms with E-state index in [2.05, 4.69) is 17.4 Å². The molecule has 0 spiro atoms. The van der Waals surface area contributed by atoms with Crippen molar-refractivity contribution in [3.63, 3.8) is 0 Å². The number of halogens is 1. The maximum atomic E-state index is 12.9. The predicted molar refractivity (Wildman–Crippen MR) is 99.9 cm³/mol. The number of methoxy groups -OCH3 is 1. The molecule has 2 aliphatic rings. The highest BCUT2D eigenvalue weighted by Gasteiger charge is 2.43. The van der Waals surface area contributed by atoms with Crippen molar-refractivity contribution in [2.45, 2.75) is 44.0 Å². The number of carbonyl (C=O) groups excluding carboxylic acids is 1. The molecule has 3 rings (SSSR count). The van der Waals surface area contributed by atoms with Crippen LogP contribution in [0.1, 0.15) is 31.2 Å². The third-order valence-corrected chi connectivity index (χ3v) is 5.25. The molecule has 0 aromatic heterocycles. The van der Waals surface area contributed by atoms with E-state index in [1.807, 2.05) is 23.1 Å². The Morgan fingerprint density at radius 3 is 2.44 bits per heavy atom. The van der Waals surface area contributed by atoms with Crippen molar-refractivity contribution in [1.82, 2.24) is 10.2 Å². The number of amides is 1.